The van der Waals surface area contributed by atoms with Crippen LogP contribution < -0.4 is 9.47 Å². The lowest BCUT2D eigenvalue weighted by Crippen LogP contribution is -2.38. The molecule has 3 aromatic carbocycles. The molecule has 1 aliphatic heterocycles. The lowest BCUT2D eigenvalue weighted by Gasteiger charge is -2.39. The van der Waals surface area contributed by atoms with Gasteiger partial charge in [0.2, 0.25) is 0 Å². The van der Waals surface area contributed by atoms with Gasteiger partial charge in [0.15, 0.2) is 5.60 Å². The zero-order chi connectivity index (χ0) is 19.8. The van der Waals surface area contributed by atoms with Gasteiger partial charge in [0, 0.05) is 17.5 Å². The van der Waals surface area contributed by atoms with E-state index < -0.39 is 5.60 Å². The number of aromatic nitrogens is 2. The maximum Gasteiger partial charge on any atom is 0.181 e. The van der Waals surface area contributed by atoms with Gasteiger partial charge < -0.3 is 9.47 Å². The first kappa shape index (κ1) is 17.4. The fourth-order valence-corrected chi connectivity index (χ4v) is 3.98. The Balaban J connectivity index is 1.88. The molecular formula is C25H20N2O2. The van der Waals surface area contributed by atoms with E-state index in [2.05, 4.69) is 18.7 Å². The fourth-order valence-electron chi connectivity index (χ4n) is 3.98. The van der Waals surface area contributed by atoms with Crippen molar-refractivity contribution >= 4 is 11.0 Å². The van der Waals surface area contributed by atoms with Crippen molar-refractivity contribution < 1.29 is 9.47 Å². The average molecular weight is 380 g/mol. The van der Waals surface area contributed by atoms with Gasteiger partial charge in [-0.25, -0.2) is 9.97 Å². The largest absolute Gasteiger partial charge is 0.497 e. The van der Waals surface area contributed by atoms with Gasteiger partial charge in [-0.2, -0.15) is 0 Å². The van der Waals surface area contributed by atoms with Crippen LogP contribution in [0.1, 0.15) is 17.7 Å². The average Bonchev–Trinajstić information content (AvgIpc) is 2.78. The smallest absolute Gasteiger partial charge is 0.181 e. The van der Waals surface area contributed by atoms with Crippen molar-refractivity contribution in [1.82, 2.24) is 9.97 Å². The Labute approximate surface area is 169 Å². The molecule has 4 aromatic rings. The first-order valence-corrected chi connectivity index (χ1v) is 9.56. The van der Waals surface area contributed by atoms with Gasteiger partial charge in [-0.05, 0) is 30.3 Å². The zero-order valence-corrected chi connectivity index (χ0v) is 16.1. The number of hydrogen-bond donors (Lipinski definition) is 0. The molecule has 0 saturated carbocycles. The number of hydrogen-bond acceptors (Lipinski definition) is 4. The minimum absolute atomic E-state index is 0.572. The first-order valence-electron chi connectivity index (χ1n) is 9.56. The van der Waals surface area contributed by atoms with Crippen molar-refractivity contribution in [2.24, 2.45) is 0 Å². The summed E-state index contributed by atoms with van der Waals surface area (Å²) in [5.74, 6) is 1.51. The van der Waals surface area contributed by atoms with Crippen LogP contribution in [0.5, 0.6) is 11.5 Å². The molecule has 1 atom stereocenters. The van der Waals surface area contributed by atoms with Gasteiger partial charge in [-0.1, -0.05) is 48.5 Å². The fraction of sp³-hybridized carbons (Fsp3) is 0.120. The normalized spacial score (nSPS) is 17.1. The molecule has 0 saturated heterocycles. The third kappa shape index (κ3) is 2.68. The molecule has 4 nitrogen and oxygen atoms in total. The summed E-state index contributed by atoms with van der Waals surface area (Å²) in [4.78, 5) is 10.0. The highest BCUT2D eigenvalue weighted by Crippen LogP contribution is 2.49. The number of fused-ring (bicyclic) bond motifs is 4. The van der Waals surface area contributed by atoms with Crippen LogP contribution in [0.25, 0.3) is 22.3 Å². The summed E-state index contributed by atoms with van der Waals surface area (Å²) in [6.45, 7) is 4.00. The van der Waals surface area contributed by atoms with Crippen LogP contribution in [0.3, 0.4) is 0 Å². The molecule has 0 radical (unpaired) electrons. The monoisotopic (exact) mass is 380 g/mol. The molecule has 0 spiro atoms. The maximum absolute atomic E-state index is 6.69. The van der Waals surface area contributed by atoms with Crippen LogP contribution in [0, 0.1) is 0 Å². The van der Waals surface area contributed by atoms with E-state index in [0.29, 0.717) is 6.42 Å². The highest BCUT2D eigenvalue weighted by atomic mass is 16.5. The number of ether oxygens (including phenoxy) is 2. The Kier molecular flexibility index (Phi) is 4.06. The van der Waals surface area contributed by atoms with Crippen LogP contribution in [-0.2, 0) is 5.60 Å². The summed E-state index contributed by atoms with van der Waals surface area (Å²) in [6.07, 6.45) is 2.45. The van der Waals surface area contributed by atoms with Crippen molar-refractivity contribution in [3.8, 4) is 22.8 Å². The highest BCUT2D eigenvalue weighted by molar-refractivity contribution is 5.82. The van der Waals surface area contributed by atoms with Crippen LogP contribution in [0.2, 0.25) is 0 Å². The zero-order valence-electron chi connectivity index (χ0n) is 16.1. The molecule has 142 valence electrons. The molecule has 0 amide bonds. The summed E-state index contributed by atoms with van der Waals surface area (Å²) >= 11 is 0. The van der Waals surface area contributed by atoms with Crippen LogP contribution in [-0.4, -0.2) is 17.1 Å². The maximum atomic E-state index is 6.69. The van der Waals surface area contributed by atoms with Gasteiger partial charge in [0.25, 0.3) is 0 Å². The number of methoxy groups -OCH3 is 1. The summed E-state index contributed by atoms with van der Waals surface area (Å²) in [5, 5.41) is 0. The third-order valence-electron chi connectivity index (χ3n) is 5.35. The summed E-state index contributed by atoms with van der Waals surface area (Å²) in [6, 6.07) is 23.9. The molecule has 0 aliphatic carbocycles. The SMILES string of the molecule is C=CC[C@@]1(c2ccccc2)Oc2ccc(OC)cc2-c2nc3ccccc3nc21. The molecule has 0 fully saturated rings. The molecule has 5 rings (SSSR count). The van der Waals surface area contributed by atoms with Crippen molar-refractivity contribution in [2.75, 3.05) is 7.11 Å². The van der Waals surface area contributed by atoms with E-state index in [1.807, 2.05) is 66.7 Å². The van der Waals surface area contributed by atoms with Crippen molar-refractivity contribution in [3.63, 3.8) is 0 Å². The van der Waals surface area contributed by atoms with E-state index in [-0.39, 0.29) is 0 Å². The Morgan fingerprint density at radius 3 is 2.41 bits per heavy atom. The number of nitrogens with zero attached hydrogens (tertiary/aromatic N) is 2. The van der Waals surface area contributed by atoms with E-state index >= 15 is 0 Å². The number of benzene rings is 3. The molecule has 1 aromatic heterocycles. The van der Waals surface area contributed by atoms with E-state index in [9.17, 15) is 0 Å². The van der Waals surface area contributed by atoms with Gasteiger partial charge >= 0.3 is 0 Å². The molecule has 29 heavy (non-hydrogen) atoms. The predicted molar refractivity (Wildman–Crippen MR) is 114 cm³/mol. The van der Waals surface area contributed by atoms with E-state index in [1.165, 1.54) is 0 Å². The standard InChI is InChI=1S/C25H20N2O2/c1-3-15-25(17-9-5-4-6-10-17)24-23(26-20-11-7-8-12-21(20)27-24)19-16-18(28-2)13-14-22(19)29-25/h3-14,16H,1,15H2,2H3/t25-/m0/s1. The van der Waals surface area contributed by atoms with Gasteiger partial charge in [-0.3, -0.25) is 0 Å². The Hall–Kier alpha value is -3.66. The van der Waals surface area contributed by atoms with E-state index in [0.717, 1.165) is 45.0 Å². The van der Waals surface area contributed by atoms with Crippen molar-refractivity contribution in [1.29, 1.82) is 0 Å². The van der Waals surface area contributed by atoms with E-state index in [4.69, 9.17) is 19.4 Å². The summed E-state index contributed by atoms with van der Waals surface area (Å²) in [5.41, 5.74) is 4.41. The lowest BCUT2D eigenvalue weighted by atomic mass is 9.82. The van der Waals surface area contributed by atoms with Gasteiger partial charge in [-0.15, -0.1) is 6.58 Å². The Morgan fingerprint density at radius 1 is 0.966 bits per heavy atom. The number of rotatable bonds is 4. The second-order valence-electron chi connectivity index (χ2n) is 7.06. The molecule has 4 heteroatoms. The second-order valence-corrected chi connectivity index (χ2v) is 7.06. The van der Waals surface area contributed by atoms with Crippen LogP contribution in [0.4, 0.5) is 0 Å². The summed E-state index contributed by atoms with van der Waals surface area (Å²) in [7, 11) is 1.66. The predicted octanol–water partition coefficient (Wildman–Crippen LogP) is 5.52. The second kappa shape index (κ2) is 6.74. The first-order chi connectivity index (χ1) is 14.2. The molecule has 0 unspecified atom stereocenters. The molecule has 0 N–H and O–H groups in total. The van der Waals surface area contributed by atoms with Gasteiger partial charge in [0.1, 0.15) is 22.9 Å². The van der Waals surface area contributed by atoms with Crippen LogP contribution in [0.15, 0.2) is 85.5 Å². The van der Waals surface area contributed by atoms with Crippen LogP contribution >= 0.6 is 0 Å². The Morgan fingerprint density at radius 2 is 1.69 bits per heavy atom. The highest BCUT2D eigenvalue weighted by Gasteiger charge is 2.44. The molecule has 2 heterocycles. The van der Waals surface area contributed by atoms with E-state index in [1.54, 1.807) is 7.11 Å². The van der Waals surface area contributed by atoms with Crippen molar-refractivity contribution in [2.45, 2.75) is 12.0 Å². The van der Waals surface area contributed by atoms with Gasteiger partial charge in [0.05, 0.1) is 18.1 Å². The minimum atomic E-state index is -0.795. The minimum Gasteiger partial charge on any atom is -0.497 e. The molecular weight excluding hydrogens is 360 g/mol. The van der Waals surface area contributed by atoms with Crippen molar-refractivity contribution in [3.05, 3.63) is 96.7 Å². The topological polar surface area (TPSA) is 44.2 Å². The quantitative estimate of drug-likeness (QED) is 0.438. The number of para-hydroxylation sites is 2. The third-order valence-corrected chi connectivity index (χ3v) is 5.35. The Bertz CT molecular complexity index is 1220. The summed E-state index contributed by atoms with van der Waals surface area (Å²) < 4.78 is 12.1. The molecule has 1 aliphatic rings. The molecule has 0 bridgehead atoms. The lowest BCUT2D eigenvalue weighted by molar-refractivity contribution is 0.106.